The summed E-state index contributed by atoms with van der Waals surface area (Å²) in [7, 11) is 1.90. The van der Waals surface area contributed by atoms with E-state index in [1.807, 2.05) is 7.05 Å². The van der Waals surface area contributed by atoms with E-state index in [4.69, 9.17) is 0 Å². The van der Waals surface area contributed by atoms with Crippen LogP contribution in [0.25, 0.3) is 0 Å². The van der Waals surface area contributed by atoms with E-state index in [0.29, 0.717) is 11.8 Å². The van der Waals surface area contributed by atoms with E-state index < -0.39 is 0 Å². The second-order valence-corrected chi connectivity index (χ2v) is 4.08. The molecule has 1 aromatic rings. The molecule has 1 N–H and O–H groups in total. The van der Waals surface area contributed by atoms with Crippen molar-refractivity contribution in [2.45, 2.75) is 39.5 Å². The van der Waals surface area contributed by atoms with E-state index in [-0.39, 0.29) is 0 Å². The topological polar surface area (TPSA) is 37.8 Å². The van der Waals surface area contributed by atoms with E-state index in [9.17, 15) is 0 Å². The molecule has 0 amide bonds. The first-order chi connectivity index (χ1) is 6.57. The molecule has 0 aliphatic carbocycles. The predicted molar refractivity (Wildman–Crippen MR) is 59.8 cm³/mol. The summed E-state index contributed by atoms with van der Waals surface area (Å²) in [5, 5.41) is 3.12. The van der Waals surface area contributed by atoms with Crippen molar-refractivity contribution in [3.8, 4) is 0 Å². The van der Waals surface area contributed by atoms with E-state index in [1.54, 1.807) is 6.33 Å². The Hall–Kier alpha value is -1.12. The summed E-state index contributed by atoms with van der Waals surface area (Å²) in [5.74, 6) is 1.86. The second kappa shape index (κ2) is 4.40. The molecular formula is C11H19N3. The van der Waals surface area contributed by atoms with Crippen molar-refractivity contribution < 1.29 is 0 Å². The minimum Gasteiger partial charge on any atom is -0.373 e. The molecule has 14 heavy (non-hydrogen) atoms. The van der Waals surface area contributed by atoms with Crippen LogP contribution >= 0.6 is 0 Å². The highest BCUT2D eigenvalue weighted by molar-refractivity contribution is 5.48. The van der Waals surface area contributed by atoms with Gasteiger partial charge in [-0.1, -0.05) is 27.7 Å². The molecule has 0 bridgehead atoms. The summed E-state index contributed by atoms with van der Waals surface area (Å²) in [4.78, 5) is 8.60. The van der Waals surface area contributed by atoms with Gasteiger partial charge >= 0.3 is 0 Å². The van der Waals surface area contributed by atoms with Gasteiger partial charge in [-0.15, -0.1) is 0 Å². The summed E-state index contributed by atoms with van der Waals surface area (Å²) in [5.41, 5.74) is 2.39. The molecule has 0 spiro atoms. The molecule has 0 radical (unpaired) electrons. The minimum atomic E-state index is 0.447. The highest BCUT2D eigenvalue weighted by Crippen LogP contribution is 2.28. The van der Waals surface area contributed by atoms with E-state index in [0.717, 1.165) is 11.5 Å². The van der Waals surface area contributed by atoms with Gasteiger partial charge in [0, 0.05) is 12.6 Å². The van der Waals surface area contributed by atoms with Gasteiger partial charge in [0.25, 0.3) is 0 Å². The minimum absolute atomic E-state index is 0.447. The molecule has 0 atom stereocenters. The number of anilines is 1. The normalized spacial score (nSPS) is 11.1. The van der Waals surface area contributed by atoms with Crippen LogP contribution in [-0.2, 0) is 0 Å². The number of nitrogens with zero attached hydrogens (tertiary/aromatic N) is 2. The number of nitrogens with one attached hydrogen (secondary N) is 1. The van der Waals surface area contributed by atoms with E-state index >= 15 is 0 Å². The Kier molecular flexibility index (Phi) is 3.44. The second-order valence-electron chi connectivity index (χ2n) is 4.08. The van der Waals surface area contributed by atoms with E-state index in [2.05, 4.69) is 43.0 Å². The fourth-order valence-electron chi connectivity index (χ4n) is 1.64. The van der Waals surface area contributed by atoms with Crippen molar-refractivity contribution in [3.63, 3.8) is 0 Å². The van der Waals surface area contributed by atoms with E-state index in [1.165, 1.54) is 5.56 Å². The molecule has 0 aliphatic rings. The van der Waals surface area contributed by atoms with Crippen molar-refractivity contribution >= 4 is 5.82 Å². The Balaban J connectivity index is 3.28. The zero-order valence-corrected chi connectivity index (χ0v) is 9.63. The van der Waals surface area contributed by atoms with Crippen molar-refractivity contribution in [2.75, 3.05) is 12.4 Å². The van der Waals surface area contributed by atoms with Crippen LogP contribution in [0.15, 0.2) is 6.33 Å². The Morgan fingerprint density at radius 3 is 2.14 bits per heavy atom. The molecule has 0 unspecified atom stereocenters. The molecular weight excluding hydrogens is 174 g/mol. The smallest absolute Gasteiger partial charge is 0.132 e. The number of hydrogen-bond donors (Lipinski definition) is 1. The first-order valence-corrected chi connectivity index (χ1v) is 5.10. The molecule has 1 heterocycles. The average Bonchev–Trinajstić information content (AvgIpc) is 2.16. The van der Waals surface area contributed by atoms with Gasteiger partial charge in [0.2, 0.25) is 0 Å². The number of rotatable bonds is 3. The summed E-state index contributed by atoms with van der Waals surface area (Å²) < 4.78 is 0. The van der Waals surface area contributed by atoms with Crippen molar-refractivity contribution in [1.29, 1.82) is 0 Å². The van der Waals surface area contributed by atoms with Gasteiger partial charge in [-0.05, 0) is 11.8 Å². The average molecular weight is 193 g/mol. The lowest BCUT2D eigenvalue weighted by molar-refractivity contribution is 0.748. The molecule has 3 heteroatoms. The first-order valence-electron chi connectivity index (χ1n) is 5.10. The summed E-state index contributed by atoms with van der Waals surface area (Å²) in [6.45, 7) is 8.66. The summed E-state index contributed by atoms with van der Waals surface area (Å²) >= 11 is 0. The van der Waals surface area contributed by atoms with Crippen LogP contribution in [0.2, 0.25) is 0 Å². The van der Waals surface area contributed by atoms with Gasteiger partial charge in [0.15, 0.2) is 0 Å². The molecule has 0 aliphatic heterocycles. The fourth-order valence-corrected chi connectivity index (χ4v) is 1.64. The van der Waals surface area contributed by atoms with Crippen LogP contribution in [0.4, 0.5) is 5.82 Å². The lowest BCUT2D eigenvalue weighted by atomic mass is 9.96. The predicted octanol–water partition coefficient (Wildman–Crippen LogP) is 2.77. The van der Waals surface area contributed by atoms with Gasteiger partial charge in [0.1, 0.15) is 12.1 Å². The maximum Gasteiger partial charge on any atom is 0.132 e. The van der Waals surface area contributed by atoms with Crippen LogP contribution in [0.5, 0.6) is 0 Å². The van der Waals surface area contributed by atoms with Crippen LogP contribution in [0.3, 0.4) is 0 Å². The van der Waals surface area contributed by atoms with Gasteiger partial charge in [0.05, 0.1) is 5.69 Å². The maximum absolute atomic E-state index is 4.36. The van der Waals surface area contributed by atoms with Gasteiger partial charge in [-0.25, -0.2) is 9.97 Å². The van der Waals surface area contributed by atoms with Crippen molar-refractivity contribution in [2.24, 2.45) is 0 Å². The molecule has 0 aromatic carbocycles. The van der Waals surface area contributed by atoms with Gasteiger partial charge < -0.3 is 5.32 Å². The lowest BCUT2D eigenvalue weighted by Gasteiger charge is -2.17. The molecule has 0 saturated heterocycles. The first kappa shape index (κ1) is 11.0. The van der Waals surface area contributed by atoms with Gasteiger partial charge in [-0.2, -0.15) is 0 Å². The SMILES string of the molecule is CNc1ncnc(C(C)C)c1C(C)C. The molecule has 0 fully saturated rings. The monoisotopic (exact) mass is 193 g/mol. The lowest BCUT2D eigenvalue weighted by Crippen LogP contribution is -2.08. The third-order valence-corrected chi connectivity index (χ3v) is 2.28. The number of hydrogen-bond acceptors (Lipinski definition) is 3. The zero-order chi connectivity index (χ0) is 10.7. The summed E-state index contributed by atoms with van der Waals surface area (Å²) in [6, 6.07) is 0. The van der Waals surface area contributed by atoms with Crippen LogP contribution < -0.4 is 5.32 Å². The molecule has 1 aromatic heterocycles. The molecule has 3 nitrogen and oxygen atoms in total. The third kappa shape index (κ3) is 2.03. The highest BCUT2D eigenvalue weighted by Gasteiger charge is 2.15. The highest BCUT2D eigenvalue weighted by atomic mass is 15.0. The Labute approximate surface area is 86.0 Å². The van der Waals surface area contributed by atoms with Crippen LogP contribution in [-0.4, -0.2) is 17.0 Å². The van der Waals surface area contributed by atoms with Crippen molar-refractivity contribution in [3.05, 3.63) is 17.6 Å². The van der Waals surface area contributed by atoms with Crippen LogP contribution in [0, 0.1) is 0 Å². The quantitative estimate of drug-likeness (QED) is 0.802. The fraction of sp³-hybridized carbons (Fsp3) is 0.636. The standard InChI is InChI=1S/C11H19N3/c1-7(2)9-10(8(3)4)13-6-14-11(9)12-5/h6-8H,1-5H3,(H,12,13,14). The third-order valence-electron chi connectivity index (χ3n) is 2.28. The molecule has 78 valence electrons. The number of aromatic nitrogens is 2. The molecule has 1 rings (SSSR count). The largest absolute Gasteiger partial charge is 0.373 e. The van der Waals surface area contributed by atoms with Gasteiger partial charge in [-0.3, -0.25) is 0 Å². The Morgan fingerprint density at radius 2 is 1.71 bits per heavy atom. The maximum atomic E-state index is 4.36. The summed E-state index contributed by atoms with van der Waals surface area (Å²) in [6.07, 6.45) is 1.63. The van der Waals surface area contributed by atoms with Crippen LogP contribution in [0.1, 0.15) is 50.8 Å². The molecule has 0 saturated carbocycles. The van der Waals surface area contributed by atoms with Crippen molar-refractivity contribution in [1.82, 2.24) is 9.97 Å². The Morgan fingerprint density at radius 1 is 1.07 bits per heavy atom. The zero-order valence-electron chi connectivity index (χ0n) is 9.63. The Bertz CT molecular complexity index is 305.